The van der Waals surface area contributed by atoms with Crippen LogP contribution in [-0.2, 0) is 5.41 Å². The Hall–Kier alpha value is -10.5. The van der Waals surface area contributed by atoms with Gasteiger partial charge < -0.3 is 13.7 Å². The van der Waals surface area contributed by atoms with Crippen LogP contribution in [-0.4, -0.2) is 13.7 Å². The van der Waals surface area contributed by atoms with Crippen molar-refractivity contribution in [2.75, 3.05) is 0 Å². The Morgan fingerprint density at radius 3 is 1.32 bits per heavy atom. The molecule has 4 heterocycles. The SMILES string of the molecule is CC1(C)c2ccccc2-c2ccc3c4cc(-c5ccc6sc7ccc(-c8ccc9c(c8)c8cc%10c(cc8n9-c8cc(-c9ccccc9)cc(-c9ccccc9)c8)c8ccccc8n%10-c8ccccc8)cc7c6c5)ccc4n(-c4ccccc4)c3c21. The summed E-state index contributed by atoms with van der Waals surface area (Å²) < 4.78 is 10.1. The molecule has 0 saturated heterocycles. The number of rotatable bonds is 7. The van der Waals surface area contributed by atoms with E-state index in [9.17, 15) is 0 Å². The van der Waals surface area contributed by atoms with E-state index in [0.29, 0.717) is 0 Å². The van der Waals surface area contributed by atoms with Gasteiger partial charge in [0.1, 0.15) is 0 Å². The molecule has 0 aliphatic heterocycles. The van der Waals surface area contributed by atoms with Crippen LogP contribution in [0.4, 0.5) is 0 Å². The first-order chi connectivity index (χ1) is 41.9. The first-order valence-electron chi connectivity index (χ1n) is 29.5. The number of fused-ring (bicyclic) bond motifs is 16. The molecule has 85 heavy (non-hydrogen) atoms. The van der Waals surface area contributed by atoms with Crippen molar-refractivity contribution in [1.82, 2.24) is 13.7 Å². The molecule has 0 unspecified atom stereocenters. The first kappa shape index (κ1) is 48.1. The zero-order chi connectivity index (χ0) is 56.1. The lowest BCUT2D eigenvalue weighted by Crippen LogP contribution is -2.16. The Kier molecular flexibility index (Phi) is 10.3. The molecule has 18 rings (SSSR count). The summed E-state index contributed by atoms with van der Waals surface area (Å²) >= 11 is 1.88. The molecule has 0 atom stereocenters. The molecule has 0 bridgehead atoms. The molecule has 4 heteroatoms. The fraction of sp³-hybridized carbons (Fsp3) is 0.0370. The smallest absolute Gasteiger partial charge is 0.0588 e. The summed E-state index contributed by atoms with van der Waals surface area (Å²) in [6, 6.07) is 106. The quantitative estimate of drug-likeness (QED) is 0.151. The van der Waals surface area contributed by atoms with Crippen LogP contribution in [0.3, 0.4) is 0 Å². The van der Waals surface area contributed by atoms with Gasteiger partial charge in [0.05, 0.1) is 33.1 Å². The number of benzene rings is 13. The van der Waals surface area contributed by atoms with Crippen molar-refractivity contribution in [3.63, 3.8) is 0 Å². The lowest BCUT2D eigenvalue weighted by atomic mass is 9.81. The van der Waals surface area contributed by atoms with Gasteiger partial charge in [0.15, 0.2) is 0 Å². The third-order valence-corrected chi connectivity index (χ3v) is 19.7. The average molecular weight is 1100 g/mol. The van der Waals surface area contributed by atoms with E-state index in [1.54, 1.807) is 0 Å². The second kappa shape index (κ2) is 18.2. The second-order valence-corrected chi connectivity index (χ2v) is 24.7. The van der Waals surface area contributed by atoms with Crippen LogP contribution in [0.2, 0.25) is 0 Å². The Morgan fingerprint density at radius 2 is 0.706 bits per heavy atom. The topological polar surface area (TPSA) is 14.8 Å². The number of aromatic nitrogens is 3. The summed E-state index contributed by atoms with van der Waals surface area (Å²) in [6.07, 6.45) is 0. The van der Waals surface area contributed by atoms with Gasteiger partial charge in [0.2, 0.25) is 0 Å². The molecule has 0 fully saturated rings. The van der Waals surface area contributed by atoms with Crippen molar-refractivity contribution in [1.29, 1.82) is 0 Å². The van der Waals surface area contributed by atoms with Crippen molar-refractivity contribution in [2.24, 2.45) is 0 Å². The summed E-state index contributed by atoms with van der Waals surface area (Å²) in [7, 11) is 0. The zero-order valence-electron chi connectivity index (χ0n) is 46.9. The lowest BCUT2D eigenvalue weighted by molar-refractivity contribution is 0.664. The average Bonchev–Trinajstić information content (AvgIpc) is 1.74. The van der Waals surface area contributed by atoms with Crippen LogP contribution >= 0.6 is 11.3 Å². The number of nitrogens with zero attached hydrogens (tertiary/aromatic N) is 3. The molecular weight excluding hydrogens is 1050 g/mol. The summed E-state index contributed by atoms with van der Waals surface area (Å²) in [5, 5.41) is 10.00. The van der Waals surface area contributed by atoms with Gasteiger partial charge in [-0.25, -0.2) is 0 Å². The lowest BCUT2D eigenvalue weighted by Gasteiger charge is -2.23. The van der Waals surface area contributed by atoms with E-state index in [1.165, 1.54) is 158 Å². The summed E-state index contributed by atoms with van der Waals surface area (Å²) in [4.78, 5) is 0. The highest BCUT2D eigenvalue weighted by atomic mass is 32.1. The Bertz CT molecular complexity index is 5540. The third-order valence-electron chi connectivity index (χ3n) is 18.6. The maximum absolute atomic E-state index is 2.52. The van der Waals surface area contributed by atoms with Gasteiger partial charge in [-0.1, -0.05) is 190 Å². The van der Waals surface area contributed by atoms with Gasteiger partial charge in [-0.15, -0.1) is 11.3 Å². The molecular formula is C81H53N3S. The minimum Gasteiger partial charge on any atom is -0.309 e. The van der Waals surface area contributed by atoms with E-state index in [2.05, 4.69) is 313 Å². The molecule has 0 radical (unpaired) electrons. The van der Waals surface area contributed by atoms with E-state index < -0.39 is 0 Å². The maximum atomic E-state index is 2.52. The molecule has 398 valence electrons. The van der Waals surface area contributed by atoms with Crippen molar-refractivity contribution in [2.45, 2.75) is 19.3 Å². The highest BCUT2D eigenvalue weighted by Crippen LogP contribution is 2.53. The van der Waals surface area contributed by atoms with Crippen molar-refractivity contribution < 1.29 is 0 Å². The van der Waals surface area contributed by atoms with E-state index in [4.69, 9.17) is 0 Å². The fourth-order valence-electron chi connectivity index (χ4n) is 14.7. The maximum Gasteiger partial charge on any atom is 0.0588 e. The first-order valence-corrected chi connectivity index (χ1v) is 30.3. The third kappa shape index (κ3) is 7.19. The van der Waals surface area contributed by atoms with Crippen LogP contribution in [0.5, 0.6) is 0 Å². The fourth-order valence-corrected chi connectivity index (χ4v) is 15.7. The molecule has 0 spiro atoms. The monoisotopic (exact) mass is 1100 g/mol. The Morgan fingerprint density at radius 1 is 0.259 bits per heavy atom. The van der Waals surface area contributed by atoms with Crippen LogP contribution in [0.1, 0.15) is 25.0 Å². The minimum absolute atomic E-state index is 0.163. The number of hydrogen-bond donors (Lipinski definition) is 0. The summed E-state index contributed by atoms with van der Waals surface area (Å²) in [6.45, 7) is 4.80. The van der Waals surface area contributed by atoms with Crippen molar-refractivity contribution >= 4 is 96.9 Å². The summed E-state index contributed by atoms with van der Waals surface area (Å²) in [5.74, 6) is 0. The van der Waals surface area contributed by atoms with Crippen LogP contribution in [0, 0.1) is 0 Å². The predicted molar refractivity (Wildman–Crippen MR) is 362 cm³/mol. The molecule has 0 amide bonds. The molecule has 1 aliphatic rings. The number of hydrogen-bond acceptors (Lipinski definition) is 1. The molecule has 1 aliphatic carbocycles. The van der Waals surface area contributed by atoms with E-state index >= 15 is 0 Å². The van der Waals surface area contributed by atoms with Crippen LogP contribution < -0.4 is 0 Å². The normalized spacial score (nSPS) is 12.9. The van der Waals surface area contributed by atoms with Gasteiger partial charge in [-0.2, -0.15) is 0 Å². The highest BCUT2D eigenvalue weighted by Gasteiger charge is 2.38. The Balaban J connectivity index is 0.817. The number of para-hydroxylation sites is 3. The number of thiophene rings is 1. The molecule has 0 N–H and O–H groups in total. The Labute approximate surface area is 495 Å². The highest BCUT2D eigenvalue weighted by molar-refractivity contribution is 7.25. The molecule has 13 aromatic carbocycles. The van der Waals surface area contributed by atoms with Gasteiger partial charge in [-0.3, -0.25) is 0 Å². The van der Waals surface area contributed by atoms with E-state index in [-0.39, 0.29) is 5.41 Å². The molecule has 3 nitrogen and oxygen atoms in total. The molecule has 17 aromatic rings. The molecule has 4 aromatic heterocycles. The van der Waals surface area contributed by atoms with Crippen LogP contribution in [0.25, 0.3) is 158 Å². The van der Waals surface area contributed by atoms with Crippen LogP contribution in [0.15, 0.2) is 285 Å². The van der Waals surface area contributed by atoms with Gasteiger partial charge >= 0.3 is 0 Å². The summed E-state index contributed by atoms with van der Waals surface area (Å²) in [5.41, 5.74) is 25.5. The van der Waals surface area contributed by atoms with E-state index in [0.717, 1.165) is 11.4 Å². The molecule has 0 saturated carbocycles. The minimum atomic E-state index is -0.163. The van der Waals surface area contributed by atoms with Gasteiger partial charge in [0, 0.05) is 75.0 Å². The van der Waals surface area contributed by atoms with Crippen molar-refractivity contribution in [3.8, 4) is 72.7 Å². The largest absolute Gasteiger partial charge is 0.309 e. The standard InChI is InChI=1S/C81H53N3S/c1-81(2)71-29-17-15-27-61(71)63-35-36-64-65-44-52(32-38-74(65)84(80(64)79(63)81)59-25-13-6-14-26-59)54-33-39-77-69(46-54)70-47-55(34-40-78(70)85-77)53-31-37-73-66(45-53)68-49-75-67(62-28-16-18-30-72(62)82(75)58-23-11-5-12-24-58)48-76(68)83(73)60-42-56(50-19-7-3-8-20-50)41-57(43-60)51-21-9-4-10-22-51/h3-49H,1-2H3. The van der Waals surface area contributed by atoms with Gasteiger partial charge in [0.25, 0.3) is 0 Å². The predicted octanol–water partition coefficient (Wildman–Crippen LogP) is 22.3. The van der Waals surface area contributed by atoms with Crippen molar-refractivity contribution in [3.05, 3.63) is 296 Å². The van der Waals surface area contributed by atoms with Gasteiger partial charge in [-0.05, 0) is 176 Å². The zero-order valence-corrected chi connectivity index (χ0v) is 47.7. The van der Waals surface area contributed by atoms with E-state index in [1.807, 2.05) is 11.3 Å². The second-order valence-electron chi connectivity index (χ2n) is 23.6.